The monoisotopic (exact) mass is 371 g/mol. The maximum atomic E-state index is 12.5. The van der Waals surface area contributed by atoms with Crippen molar-refractivity contribution in [2.75, 3.05) is 19.4 Å². The van der Waals surface area contributed by atoms with Crippen LogP contribution in [-0.2, 0) is 6.54 Å². The Bertz CT molecular complexity index is 874. The number of anilines is 1. The highest BCUT2D eigenvalue weighted by Gasteiger charge is 2.14. The molecule has 128 valence electrons. The van der Waals surface area contributed by atoms with Gasteiger partial charge in [-0.1, -0.05) is 41.9 Å². The van der Waals surface area contributed by atoms with Crippen LogP contribution in [0.4, 0.5) is 5.69 Å². The van der Waals surface area contributed by atoms with Gasteiger partial charge in [-0.3, -0.25) is 4.79 Å². The Morgan fingerprint density at radius 3 is 2.60 bits per heavy atom. The zero-order valence-corrected chi connectivity index (χ0v) is 15.6. The van der Waals surface area contributed by atoms with Crippen molar-refractivity contribution in [3.05, 3.63) is 70.2 Å². The summed E-state index contributed by atoms with van der Waals surface area (Å²) in [5.74, 6) is -0.206. The predicted molar refractivity (Wildman–Crippen MR) is 104 cm³/mol. The van der Waals surface area contributed by atoms with Crippen molar-refractivity contribution in [2.24, 2.45) is 0 Å². The highest BCUT2D eigenvalue weighted by Crippen LogP contribution is 2.26. The van der Waals surface area contributed by atoms with Gasteiger partial charge in [-0.05, 0) is 37.9 Å². The van der Waals surface area contributed by atoms with Gasteiger partial charge in [0.1, 0.15) is 10.7 Å². The molecule has 0 bridgehead atoms. The fourth-order valence-electron chi connectivity index (χ4n) is 2.41. The lowest BCUT2D eigenvalue weighted by Crippen LogP contribution is -2.16. The van der Waals surface area contributed by atoms with Crippen LogP contribution in [0.15, 0.2) is 53.9 Å². The second-order valence-corrected chi connectivity index (χ2v) is 7.19. The largest absolute Gasteiger partial charge is 0.320 e. The number of carbonyl (C=O) groups excluding carboxylic acids is 1. The van der Waals surface area contributed by atoms with E-state index in [2.05, 4.69) is 15.2 Å². The van der Waals surface area contributed by atoms with Gasteiger partial charge in [0.15, 0.2) is 0 Å². The van der Waals surface area contributed by atoms with Gasteiger partial charge in [-0.15, -0.1) is 11.3 Å². The Kier molecular flexibility index (Phi) is 5.48. The third-order valence-electron chi connectivity index (χ3n) is 3.58. The van der Waals surface area contributed by atoms with E-state index >= 15 is 0 Å². The van der Waals surface area contributed by atoms with Crippen LogP contribution >= 0.6 is 22.9 Å². The normalized spacial score (nSPS) is 10.9. The van der Waals surface area contributed by atoms with Crippen molar-refractivity contribution >= 4 is 34.5 Å². The van der Waals surface area contributed by atoms with Crippen LogP contribution in [0, 0.1) is 0 Å². The summed E-state index contributed by atoms with van der Waals surface area (Å²) in [6.45, 7) is 0.754. The van der Waals surface area contributed by atoms with Gasteiger partial charge in [0.25, 0.3) is 5.91 Å². The van der Waals surface area contributed by atoms with Crippen LogP contribution < -0.4 is 5.32 Å². The first kappa shape index (κ1) is 17.6. The van der Waals surface area contributed by atoms with E-state index in [9.17, 15) is 4.79 Å². The number of benzene rings is 2. The quantitative estimate of drug-likeness (QED) is 0.702. The van der Waals surface area contributed by atoms with Gasteiger partial charge < -0.3 is 10.2 Å². The van der Waals surface area contributed by atoms with Crippen molar-refractivity contribution in [1.82, 2.24) is 9.88 Å². The number of rotatable bonds is 5. The van der Waals surface area contributed by atoms with Gasteiger partial charge in [-0.2, -0.15) is 0 Å². The van der Waals surface area contributed by atoms with Crippen molar-refractivity contribution < 1.29 is 4.79 Å². The number of hydrogen-bond donors (Lipinski definition) is 1. The van der Waals surface area contributed by atoms with Gasteiger partial charge in [0.2, 0.25) is 0 Å². The van der Waals surface area contributed by atoms with Gasteiger partial charge in [0.05, 0.1) is 0 Å². The molecular formula is C19H18ClN3OS. The Morgan fingerprint density at radius 1 is 1.16 bits per heavy atom. The first-order chi connectivity index (χ1) is 12.0. The number of nitrogens with one attached hydrogen (secondary N) is 1. The highest BCUT2D eigenvalue weighted by atomic mass is 35.5. The van der Waals surface area contributed by atoms with Crippen LogP contribution in [0.25, 0.3) is 10.6 Å². The minimum absolute atomic E-state index is 0.206. The molecule has 0 unspecified atom stereocenters. The summed E-state index contributed by atoms with van der Waals surface area (Å²) < 4.78 is 0. The smallest absolute Gasteiger partial charge is 0.275 e. The maximum absolute atomic E-state index is 12.5. The fourth-order valence-corrected chi connectivity index (χ4v) is 3.34. The molecule has 0 saturated carbocycles. The molecule has 1 N–H and O–H groups in total. The third-order valence-corrected chi connectivity index (χ3v) is 4.72. The Morgan fingerprint density at radius 2 is 1.88 bits per heavy atom. The standard InChI is InChI=1S/C19H18ClN3OS/c1-23(2)11-14-5-3-4-6-16(14)21-18(24)17-12-25-19(22-17)13-7-9-15(20)10-8-13/h3-10,12H,11H2,1-2H3,(H,21,24). The van der Waals surface area contributed by atoms with E-state index in [0.717, 1.165) is 28.4 Å². The SMILES string of the molecule is CN(C)Cc1ccccc1NC(=O)c1csc(-c2ccc(Cl)cc2)n1. The van der Waals surface area contributed by atoms with Crippen LogP contribution in [-0.4, -0.2) is 29.9 Å². The van der Waals surface area contributed by atoms with E-state index in [1.807, 2.05) is 62.6 Å². The van der Waals surface area contributed by atoms with E-state index in [1.165, 1.54) is 11.3 Å². The van der Waals surface area contributed by atoms with Gasteiger partial charge >= 0.3 is 0 Å². The molecule has 0 saturated heterocycles. The first-order valence-electron chi connectivity index (χ1n) is 7.78. The first-order valence-corrected chi connectivity index (χ1v) is 9.04. The highest BCUT2D eigenvalue weighted by molar-refractivity contribution is 7.13. The minimum atomic E-state index is -0.206. The van der Waals surface area contributed by atoms with Crippen LogP contribution in [0.2, 0.25) is 5.02 Å². The number of hydrogen-bond acceptors (Lipinski definition) is 4. The summed E-state index contributed by atoms with van der Waals surface area (Å²) in [6.07, 6.45) is 0. The molecule has 1 aromatic heterocycles. The fraction of sp³-hybridized carbons (Fsp3) is 0.158. The van der Waals surface area contributed by atoms with Gasteiger partial charge in [0, 0.05) is 28.2 Å². The molecule has 2 aromatic carbocycles. The van der Waals surface area contributed by atoms with E-state index in [4.69, 9.17) is 11.6 Å². The lowest BCUT2D eigenvalue weighted by atomic mass is 10.1. The maximum Gasteiger partial charge on any atom is 0.275 e. The number of amides is 1. The molecule has 25 heavy (non-hydrogen) atoms. The Labute approximate surface area is 156 Å². The lowest BCUT2D eigenvalue weighted by Gasteiger charge is -2.14. The number of halogens is 1. The number of carbonyl (C=O) groups is 1. The number of nitrogens with zero attached hydrogens (tertiary/aromatic N) is 2. The summed E-state index contributed by atoms with van der Waals surface area (Å²) in [5.41, 5.74) is 3.23. The van der Waals surface area contributed by atoms with Gasteiger partial charge in [-0.25, -0.2) is 4.98 Å². The molecular weight excluding hydrogens is 354 g/mol. The molecule has 0 aliphatic rings. The summed E-state index contributed by atoms with van der Waals surface area (Å²) in [7, 11) is 3.99. The average molecular weight is 372 g/mol. The van der Waals surface area contributed by atoms with Crippen molar-refractivity contribution in [3.8, 4) is 10.6 Å². The number of thiazole rings is 1. The van der Waals surface area contributed by atoms with E-state index < -0.39 is 0 Å². The Hall–Kier alpha value is -2.21. The molecule has 1 heterocycles. The van der Waals surface area contributed by atoms with Crippen molar-refractivity contribution in [3.63, 3.8) is 0 Å². The van der Waals surface area contributed by atoms with E-state index in [0.29, 0.717) is 10.7 Å². The van der Waals surface area contributed by atoms with Crippen LogP contribution in [0.5, 0.6) is 0 Å². The van der Waals surface area contributed by atoms with Crippen molar-refractivity contribution in [1.29, 1.82) is 0 Å². The van der Waals surface area contributed by atoms with E-state index in [-0.39, 0.29) is 5.91 Å². The van der Waals surface area contributed by atoms with E-state index in [1.54, 1.807) is 5.38 Å². The molecule has 0 radical (unpaired) electrons. The summed E-state index contributed by atoms with van der Waals surface area (Å²) in [4.78, 5) is 19.1. The molecule has 0 spiro atoms. The molecule has 0 fully saturated rings. The van der Waals surface area contributed by atoms with Crippen molar-refractivity contribution in [2.45, 2.75) is 6.54 Å². The molecule has 0 aliphatic heterocycles. The summed E-state index contributed by atoms with van der Waals surface area (Å²) >= 11 is 7.35. The molecule has 3 rings (SSSR count). The molecule has 1 amide bonds. The summed E-state index contributed by atoms with van der Waals surface area (Å²) in [5, 5.41) is 6.21. The number of para-hydroxylation sites is 1. The molecule has 0 aliphatic carbocycles. The molecule has 0 atom stereocenters. The molecule has 3 aromatic rings. The van der Waals surface area contributed by atoms with Crippen LogP contribution in [0.3, 0.4) is 0 Å². The van der Waals surface area contributed by atoms with Crippen LogP contribution in [0.1, 0.15) is 16.1 Å². The summed E-state index contributed by atoms with van der Waals surface area (Å²) in [6, 6.07) is 15.2. The topological polar surface area (TPSA) is 45.2 Å². The number of aromatic nitrogens is 1. The zero-order valence-electron chi connectivity index (χ0n) is 14.0. The second-order valence-electron chi connectivity index (χ2n) is 5.89. The lowest BCUT2D eigenvalue weighted by molar-refractivity contribution is 0.102. The predicted octanol–water partition coefficient (Wildman–Crippen LogP) is 4.78. The third kappa shape index (κ3) is 4.45. The minimum Gasteiger partial charge on any atom is -0.320 e. The average Bonchev–Trinajstić information content (AvgIpc) is 3.07. The zero-order chi connectivity index (χ0) is 17.8. The second kappa shape index (κ2) is 7.78. The Balaban J connectivity index is 1.78. The molecule has 4 nitrogen and oxygen atoms in total. The molecule has 6 heteroatoms.